The van der Waals surface area contributed by atoms with E-state index in [1.165, 1.54) is 0 Å². The van der Waals surface area contributed by atoms with Gasteiger partial charge in [-0.25, -0.2) is 0 Å². The highest BCUT2D eigenvalue weighted by molar-refractivity contribution is 6.31. The van der Waals surface area contributed by atoms with E-state index in [0.717, 1.165) is 11.1 Å². The molecule has 2 aromatic carbocycles. The number of halogens is 1. The Morgan fingerprint density at radius 2 is 1.92 bits per heavy atom. The van der Waals surface area contributed by atoms with Gasteiger partial charge in [-0.15, -0.1) is 0 Å². The van der Waals surface area contributed by atoms with Gasteiger partial charge in [0.05, 0.1) is 6.54 Å². The standard InChI is InChI=1S/C19H19ClN2O4/c1-12-14(20)3-2-4-15(12)22-19(24)10-21-18(23)8-6-13-5-7-16-17(9-13)26-11-25-16/h2-5,7,9H,6,8,10-11H2,1H3,(H,21,23)(H,22,24). The van der Waals surface area contributed by atoms with Crippen molar-refractivity contribution in [2.24, 2.45) is 0 Å². The molecule has 2 amide bonds. The minimum absolute atomic E-state index is 0.0913. The van der Waals surface area contributed by atoms with E-state index in [2.05, 4.69) is 10.6 Å². The zero-order valence-corrected chi connectivity index (χ0v) is 15.1. The van der Waals surface area contributed by atoms with Crippen LogP contribution in [0.3, 0.4) is 0 Å². The molecule has 3 rings (SSSR count). The van der Waals surface area contributed by atoms with Gasteiger partial charge in [0.2, 0.25) is 18.6 Å². The van der Waals surface area contributed by atoms with E-state index in [-0.39, 0.29) is 31.6 Å². The van der Waals surface area contributed by atoms with Crippen LogP contribution >= 0.6 is 11.6 Å². The van der Waals surface area contributed by atoms with Crippen LogP contribution in [0, 0.1) is 6.92 Å². The molecule has 1 aliphatic heterocycles. The van der Waals surface area contributed by atoms with Gasteiger partial charge >= 0.3 is 0 Å². The van der Waals surface area contributed by atoms with Crippen LogP contribution in [0.25, 0.3) is 0 Å². The van der Waals surface area contributed by atoms with Gasteiger partial charge in [-0.05, 0) is 48.7 Å². The fourth-order valence-electron chi connectivity index (χ4n) is 2.56. The summed E-state index contributed by atoms with van der Waals surface area (Å²) in [4.78, 5) is 23.9. The number of carbonyl (C=O) groups is 2. The molecule has 1 heterocycles. The molecule has 2 N–H and O–H groups in total. The van der Waals surface area contributed by atoms with Gasteiger partial charge in [0.25, 0.3) is 0 Å². The van der Waals surface area contributed by atoms with Gasteiger partial charge in [-0.1, -0.05) is 23.7 Å². The summed E-state index contributed by atoms with van der Waals surface area (Å²) in [7, 11) is 0. The molecular weight excluding hydrogens is 356 g/mol. The fraction of sp³-hybridized carbons (Fsp3) is 0.263. The summed E-state index contributed by atoms with van der Waals surface area (Å²) in [5.74, 6) is 0.915. The van der Waals surface area contributed by atoms with Gasteiger partial charge in [0.1, 0.15) is 0 Å². The Hall–Kier alpha value is -2.73. The lowest BCUT2D eigenvalue weighted by molar-refractivity contribution is -0.124. The van der Waals surface area contributed by atoms with Crippen molar-refractivity contribution >= 4 is 29.1 Å². The first kappa shape index (κ1) is 18.1. The molecular formula is C19H19ClN2O4. The maximum Gasteiger partial charge on any atom is 0.243 e. The lowest BCUT2D eigenvalue weighted by Crippen LogP contribution is -2.33. The smallest absolute Gasteiger partial charge is 0.243 e. The first-order chi connectivity index (χ1) is 12.5. The molecule has 0 radical (unpaired) electrons. The molecule has 2 aromatic rings. The second-order valence-corrected chi connectivity index (χ2v) is 6.33. The quantitative estimate of drug-likeness (QED) is 0.814. The third-order valence-electron chi connectivity index (χ3n) is 4.07. The van der Waals surface area contributed by atoms with E-state index in [4.69, 9.17) is 21.1 Å². The Bertz CT molecular complexity index is 838. The average molecular weight is 375 g/mol. The largest absolute Gasteiger partial charge is 0.454 e. The van der Waals surface area contributed by atoms with Crippen molar-refractivity contribution in [3.05, 3.63) is 52.5 Å². The molecule has 6 nitrogen and oxygen atoms in total. The van der Waals surface area contributed by atoms with E-state index in [0.29, 0.717) is 28.6 Å². The van der Waals surface area contributed by atoms with Crippen LogP contribution in [0.5, 0.6) is 11.5 Å². The molecule has 0 saturated carbocycles. The topological polar surface area (TPSA) is 76.7 Å². The van der Waals surface area contributed by atoms with Crippen molar-refractivity contribution in [2.45, 2.75) is 19.8 Å². The summed E-state index contributed by atoms with van der Waals surface area (Å²) < 4.78 is 10.6. The third-order valence-corrected chi connectivity index (χ3v) is 4.48. The first-order valence-electron chi connectivity index (χ1n) is 8.23. The molecule has 0 aromatic heterocycles. The van der Waals surface area contributed by atoms with Crippen molar-refractivity contribution in [2.75, 3.05) is 18.7 Å². The van der Waals surface area contributed by atoms with Gasteiger partial charge < -0.3 is 20.1 Å². The number of rotatable bonds is 6. The summed E-state index contributed by atoms with van der Waals surface area (Å²) in [5, 5.41) is 5.94. The van der Waals surface area contributed by atoms with Crippen molar-refractivity contribution in [1.82, 2.24) is 5.32 Å². The summed E-state index contributed by atoms with van der Waals surface area (Å²) in [6.07, 6.45) is 0.834. The fourth-order valence-corrected chi connectivity index (χ4v) is 2.73. The predicted molar refractivity (Wildman–Crippen MR) is 98.7 cm³/mol. The third kappa shape index (κ3) is 4.46. The van der Waals surface area contributed by atoms with Crippen LogP contribution in [-0.2, 0) is 16.0 Å². The van der Waals surface area contributed by atoms with Crippen molar-refractivity contribution < 1.29 is 19.1 Å². The maximum atomic E-state index is 12.0. The Balaban J connectivity index is 1.43. The molecule has 0 atom stereocenters. The van der Waals surface area contributed by atoms with Gasteiger partial charge in [-0.3, -0.25) is 9.59 Å². The molecule has 1 aliphatic rings. The van der Waals surface area contributed by atoms with Gasteiger partial charge in [-0.2, -0.15) is 0 Å². The number of hydrogen-bond donors (Lipinski definition) is 2. The van der Waals surface area contributed by atoms with Crippen LogP contribution in [0.2, 0.25) is 5.02 Å². The zero-order chi connectivity index (χ0) is 18.5. The molecule has 26 heavy (non-hydrogen) atoms. The van der Waals surface area contributed by atoms with Crippen LogP contribution in [0.1, 0.15) is 17.5 Å². The van der Waals surface area contributed by atoms with E-state index in [9.17, 15) is 9.59 Å². The Labute approximate surface area is 156 Å². The number of fused-ring (bicyclic) bond motifs is 1. The molecule has 0 spiro atoms. The minimum atomic E-state index is -0.299. The number of hydrogen-bond acceptors (Lipinski definition) is 4. The van der Waals surface area contributed by atoms with Gasteiger partial charge in [0.15, 0.2) is 11.5 Å². The molecule has 0 unspecified atom stereocenters. The van der Waals surface area contributed by atoms with E-state index in [1.807, 2.05) is 25.1 Å². The lowest BCUT2D eigenvalue weighted by atomic mass is 10.1. The number of ether oxygens (including phenoxy) is 2. The number of amides is 2. The second kappa shape index (κ2) is 8.10. The molecule has 0 fully saturated rings. The minimum Gasteiger partial charge on any atom is -0.454 e. The van der Waals surface area contributed by atoms with E-state index >= 15 is 0 Å². The summed E-state index contributed by atoms with van der Waals surface area (Å²) in [6.45, 7) is 1.95. The van der Waals surface area contributed by atoms with Crippen molar-refractivity contribution in [3.63, 3.8) is 0 Å². The highest BCUT2D eigenvalue weighted by Gasteiger charge is 2.14. The number of nitrogens with one attached hydrogen (secondary N) is 2. The van der Waals surface area contributed by atoms with Crippen LogP contribution in [0.15, 0.2) is 36.4 Å². The van der Waals surface area contributed by atoms with Gasteiger partial charge in [0, 0.05) is 17.1 Å². The zero-order valence-electron chi connectivity index (χ0n) is 14.3. The summed E-state index contributed by atoms with van der Waals surface area (Å²) in [5.41, 5.74) is 2.40. The van der Waals surface area contributed by atoms with Crippen LogP contribution in [-0.4, -0.2) is 25.2 Å². The number of anilines is 1. The predicted octanol–water partition coefficient (Wildman–Crippen LogP) is 3.06. The molecule has 0 aliphatic carbocycles. The lowest BCUT2D eigenvalue weighted by Gasteiger charge is -2.10. The normalized spacial score (nSPS) is 11.9. The highest BCUT2D eigenvalue weighted by Crippen LogP contribution is 2.32. The second-order valence-electron chi connectivity index (χ2n) is 5.92. The Morgan fingerprint density at radius 1 is 1.12 bits per heavy atom. The highest BCUT2D eigenvalue weighted by atomic mass is 35.5. The van der Waals surface area contributed by atoms with Crippen LogP contribution in [0.4, 0.5) is 5.69 Å². The SMILES string of the molecule is Cc1c(Cl)cccc1NC(=O)CNC(=O)CCc1ccc2c(c1)OCO2. The Kier molecular flexibility index (Phi) is 5.63. The molecule has 136 valence electrons. The number of benzene rings is 2. The average Bonchev–Trinajstić information content (AvgIpc) is 3.10. The molecule has 0 bridgehead atoms. The molecule has 0 saturated heterocycles. The number of carbonyl (C=O) groups excluding carboxylic acids is 2. The summed E-state index contributed by atoms with van der Waals surface area (Å²) in [6, 6.07) is 10.9. The number of aryl methyl sites for hydroxylation is 1. The molecule has 7 heteroatoms. The van der Waals surface area contributed by atoms with Crippen molar-refractivity contribution in [3.8, 4) is 11.5 Å². The maximum absolute atomic E-state index is 12.0. The van der Waals surface area contributed by atoms with Crippen molar-refractivity contribution in [1.29, 1.82) is 0 Å². The monoisotopic (exact) mass is 374 g/mol. The van der Waals surface area contributed by atoms with Crippen LogP contribution < -0.4 is 20.1 Å². The summed E-state index contributed by atoms with van der Waals surface area (Å²) >= 11 is 6.02. The first-order valence-corrected chi connectivity index (χ1v) is 8.61. The Morgan fingerprint density at radius 3 is 2.77 bits per heavy atom. The van der Waals surface area contributed by atoms with E-state index in [1.54, 1.807) is 18.2 Å². The van der Waals surface area contributed by atoms with E-state index < -0.39 is 0 Å².